The largest absolute Gasteiger partial charge is 0.294 e. The van der Waals surface area contributed by atoms with Crippen LogP contribution in [0.25, 0.3) is 21.7 Å². The van der Waals surface area contributed by atoms with E-state index in [1.165, 1.54) is 19.4 Å². The van der Waals surface area contributed by atoms with Gasteiger partial charge in [0, 0.05) is 13.3 Å². The first-order valence-corrected chi connectivity index (χ1v) is 8.43. The molecule has 0 amide bonds. The maximum absolute atomic E-state index is 13.9. The van der Waals surface area contributed by atoms with Crippen LogP contribution in [0.4, 0.5) is 8.78 Å². The molecule has 0 aliphatic rings. The van der Waals surface area contributed by atoms with Gasteiger partial charge in [-0.05, 0) is 12.1 Å². The zero-order valence-electron chi connectivity index (χ0n) is 11.5. The van der Waals surface area contributed by atoms with Gasteiger partial charge < -0.3 is 0 Å². The molecule has 114 valence electrons. The number of hydrogen-bond acceptors (Lipinski definition) is 5. The minimum absolute atomic E-state index is 0.0400. The summed E-state index contributed by atoms with van der Waals surface area (Å²) >= 11 is 0.968. The Morgan fingerprint density at radius 1 is 1.23 bits per heavy atom. The Morgan fingerprint density at radius 3 is 2.45 bits per heavy atom. The average Bonchev–Trinajstić information content (AvgIpc) is 2.88. The third kappa shape index (κ3) is 2.26. The van der Waals surface area contributed by atoms with E-state index in [1.807, 2.05) is 0 Å². The van der Waals surface area contributed by atoms with E-state index in [2.05, 4.69) is 9.97 Å². The second-order valence-electron chi connectivity index (χ2n) is 4.48. The number of aromatic nitrogens is 3. The summed E-state index contributed by atoms with van der Waals surface area (Å²) < 4.78 is 40.6. The predicted octanol–water partition coefficient (Wildman–Crippen LogP) is 2.07. The van der Waals surface area contributed by atoms with Crippen LogP contribution in [0.2, 0.25) is 0 Å². The second kappa shape index (κ2) is 5.33. The maximum atomic E-state index is 13.9. The minimum Gasteiger partial charge on any atom is -0.294 e. The molecule has 0 saturated heterocycles. The molecular formula is C13H9F2N3O2S2. The quantitative estimate of drug-likeness (QED) is 0.716. The van der Waals surface area contributed by atoms with Crippen LogP contribution in [0, 0.1) is 11.6 Å². The van der Waals surface area contributed by atoms with E-state index in [0.717, 1.165) is 28.0 Å². The van der Waals surface area contributed by atoms with Crippen molar-refractivity contribution in [3.05, 3.63) is 40.2 Å². The van der Waals surface area contributed by atoms with Crippen LogP contribution in [-0.2, 0) is 17.8 Å². The minimum atomic E-state index is -1.37. The number of rotatable bonds is 2. The number of thiazole rings is 1. The van der Waals surface area contributed by atoms with E-state index in [0.29, 0.717) is 0 Å². The lowest BCUT2D eigenvalue weighted by atomic mass is 10.2. The zero-order chi connectivity index (χ0) is 16.0. The lowest BCUT2D eigenvalue weighted by Gasteiger charge is -2.08. The summed E-state index contributed by atoms with van der Waals surface area (Å²) in [5.74, 6) is -1.76. The number of nitrogens with zero attached hydrogens (tertiary/aromatic N) is 3. The topological polar surface area (TPSA) is 64.8 Å². The molecule has 22 heavy (non-hydrogen) atoms. The molecule has 1 atom stereocenters. The molecule has 0 aliphatic carbocycles. The van der Waals surface area contributed by atoms with Gasteiger partial charge in [-0.3, -0.25) is 13.6 Å². The van der Waals surface area contributed by atoms with Crippen molar-refractivity contribution in [2.45, 2.75) is 4.34 Å². The first-order valence-electron chi connectivity index (χ1n) is 6.05. The fourth-order valence-corrected chi connectivity index (χ4v) is 3.58. The van der Waals surface area contributed by atoms with Crippen LogP contribution in [0.15, 0.2) is 27.3 Å². The first kappa shape index (κ1) is 14.9. The molecule has 2 heterocycles. The summed E-state index contributed by atoms with van der Waals surface area (Å²) in [6.07, 6.45) is 1.43. The van der Waals surface area contributed by atoms with Crippen molar-refractivity contribution in [2.75, 3.05) is 6.26 Å². The van der Waals surface area contributed by atoms with E-state index in [1.54, 1.807) is 0 Å². The Bertz CT molecular complexity index is 961. The van der Waals surface area contributed by atoms with Gasteiger partial charge in [0.15, 0.2) is 14.7 Å². The van der Waals surface area contributed by atoms with Gasteiger partial charge in [-0.25, -0.2) is 18.7 Å². The number of benzene rings is 1. The number of hydrogen-bond donors (Lipinski definition) is 0. The highest BCUT2D eigenvalue weighted by atomic mass is 32.2. The maximum Gasteiger partial charge on any atom is 0.281 e. The number of halogens is 2. The molecular weight excluding hydrogens is 332 g/mol. The normalized spacial score (nSPS) is 12.7. The van der Waals surface area contributed by atoms with Gasteiger partial charge in [0.2, 0.25) is 0 Å². The summed E-state index contributed by atoms with van der Waals surface area (Å²) in [5, 5.41) is 0. The Kier molecular flexibility index (Phi) is 3.61. The smallest absolute Gasteiger partial charge is 0.281 e. The Hall–Kier alpha value is -2.00. The molecule has 3 rings (SSSR count). The van der Waals surface area contributed by atoms with Crippen LogP contribution in [0.3, 0.4) is 0 Å². The molecule has 0 fully saturated rings. The molecule has 3 aromatic rings. The standard InChI is InChI=1S/C13H9F2N3O2S2/c1-18-10(8-6(14)4-3-5-7(8)15)17-11-9(12(18)19)16-13(21-11)22(2)20/h3-5H,1-2H3. The van der Waals surface area contributed by atoms with Gasteiger partial charge in [-0.2, -0.15) is 0 Å². The van der Waals surface area contributed by atoms with E-state index < -0.39 is 28.0 Å². The average molecular weight is 341 g/mol. The van der Waals surface area contributed by atoms with Crippen molar-refractivity contribution in [1.82, 2.24) is 14.5 Å². The fraction of sp³-hybridized carbons (Fsp3) is 0.154. The van der Waals surface area contributed by atoms with Gasteiger partial charge in [-0.1, -0.05) is 17.4 Å². The lowest BCUT2D eigenvalue weighted by Crippen LogP contribution is -2.21. The predicted molar refractivity (Wildman–Crippen MR) is 80.3 cm³/mol. The Balaban J connectivity index is 2.39. The summed E-state index contributed by atoms with van der Waals surface area (Å²) in [4.78, 5) is 20.6. The van der Waals surface area contributed by atoms with Gasteiger partial charge in [0.05, 0.1) is 16.4 Å². The molecule has 0 bridgehead atoms. The monoisotopic (exact) mass is 341 g/mol. The molecule has 5 nitrogen and oxygen atoms in total. The molecule has 1 unspecified atom stereocenters. The molecule has 2 aromatic heterocycles. The number of fused-ring (bicyclic) bond motifs is 1. The van der Waals surface area contributed by atoms with Crippen molar-refractivity contribution in [3.8, 4) is 11.4 Å². The molecule has 1 aromatic carbocycles. The summed E-state index contributed by atoms with van der Waals surface area (Å²) in [6.45, 7) is 0. The van der Waals surface area contributed by atoms with Crippen molar-refractivity contribution in [1.29, 1.82) is 0 Å². The van der Waals surface area contributed by atoms with Crippen molar-refractivity contribution in [3.63, 3.8) is 0 Å². The SMILES string of the molecule is Cn1c(-c2c(F)cccc2F)nc2sc(S(C)=O)nc2c1=O. The van der Waals surface area contributed by atoms with Gasteiger partial charge in [0.25, 0.3) is 5.56 Å². The molecule has 9 heteroatoms. The van der Waals surface area contributed by atoms with E-state index >= 15 is 0 Å². The van der Waals surface area contributed by atoms with E-state index in [9.17, 15) is 17.8 Å². The highest BCUT2D eigenvalue weighted by Gasteiger charge is 2.20. The summed E-state index contributed by atoms with van der Waals surface area (Å²) in [5.41, 5.74) is -0.884. The first-order chi connectivity index (χ1) is 10.4. The van der Waals surface area contributed by atoms with Crippen molar-refractivity contribution < 1.29 is 13.0 Å². The van der Waals surface area contributed by atoms with Crippen molar-refractivity contribution in [2.24, 2.45) is 7.05 Å². The van der Waals surface area contributed by atoms with Crippen LogP contribution in [0.1, 0.15) is 0 Å². The molecule has 0 saturated carbocycles. The molecule has 0 radical (unpaired) electrons. The van der Waals surface area contributed by atoms with Crippen LogP contribution < -0.4 is 5.56 Å². The molecule has 0 aliphatic heterocycles. The summed E-state index contributed by atoms with van der Waals surface area (Å²) in [6, 6.07) is 3.41. The third-order valence-electron chi connectivity index (χ3n) is 3.05. The Morgan fingerprint density at radius 2 is 1.86 bits per heavy atom. The van der Waals surface area contributed by atoms with Crippen LogP contribution >= 0.6 is 11.3 Å². The van der Waals surface area contributed by atoms with Gasteiger partial charge in [-0.15, -0.1) is 0 Å². The Labute approximate surface area is 129 Å². The second-order valence-corrected chi connectivity index (χ2v) is 7.01. The van der Waals surface area contributed by atoms with Crippen LogP contribution in [-0.4, -0.2) is 25.0 Å². The molecule has 0 spiro atoms. The van der Waals surface area contributed by atoms with Crippen molar-refractivity contribution >= 4 is 32.5 Å². The zero-order valence-corrected chi connectivity index (χ0v) is 13.1. The molecule has 0 N–H and O–H groups in total. The van der Waals surface area contributed by atoms with Crippen LogP contribution in [0.5, 0.6) is 0 Å². The highest BCUT2D eigenvalue weighted by Crippen LogP contribution is 2.27. The van der Waals surface area contributed by atoms with Gasteiger partial charge >= 0.3 is 0 Å². The highest BCUT2D eigenvalue weighted by molar-refractivity contribution is 7.86. The summed E-state index contributed by atoms with van der Waals surface area (Å²) in [7, 11) is -0.00622. The third-order valence-corrected chi connectivity index (χ3v) is 5.34. The lowest BCUT2D eigenvalue weighted by molar-refractivity contribution is 0.585. The van der Waals surface area contributed by atoms with E-state index in [-0.39, 0.29) is 26.1 Å². The fourth-order valence-electron chi connectivity index (χ4n) is 1.99. The van der Waals surface area contributed by atoms with E-state index in [4.69, 9.17) is 0 Å². The van der Waals surface area contributed by atoms with Gasteiger partial charge in [0.1, 0.15) is 17.5 Å².